The predicted octanol–water partition coefficient (Wildman–Crippen LogP) is 5.28. The van der Waals surface area contributed by atoms with Gasteiger partial charge >= 0.3 is 0 Å². The molecule has 7 heteroatoms. The third-order valence-electron chi connectivity index (χ3n) is 4.55. The Hall–Kier alpha value is -2.80. The van der Waals surface area contributed by atoms with Crippen molar-refractivity contribution in [3.63, 3.8) is 0 Å². The monoisotopic (exact) mass is 461 g/mol. The van der Waals surface area contributed by atoms with E-state index in [2.05, 4.69) is 15.9 Å². The molecule has 0 N–H and O–H groups in total. The fourth-order valence-electron chi connectivity index (χ4n) is 2.95. The smallest absolute Gasteiger partial charge is 0.273 e. The summed E-state index contributed by atoms with van der Waals surface area (Å²) in [7, 11) is 0. The Balaban J connectivity index is 2.00. The summed E-state index contributed by atoms with van der Waals surface area (Å²) in [6.07, 6.45) is 0. The molecule has 29 heavy (non-hydrogen) atoms. The van der Waals surface area contributed by atoms with Crippen molar-refractivity contribution in [2.75, 3.05) is 0 Å². The highest BCUT2D eigenvalue weighted by molar-refractivity contribution is 9.10. The van der Waals surface area contributed by atoms with Crippen LogP contribution in [0.25, 0.3) is 5.69 Å². The van der Waals surface area contributed by atoms with Crippen LogP contribution in [0.5, 0.6) is 5.75 Å². The molecule has 2 aromatic carbocycles. The van der Waals surface area contributed by atoms with Gasteiger partial charge in [-0.15, -0.1) is 0 Å². The van der Waals surface area contributed by atoms with Gasteiger partial charge in [0.05, 0.1) is 5.69 Å². The number of hydrogen-bond donors (Lipinski definition) is 0. The standard InChI is InChI=1S/C22H18BrF2NO3/c1-12-4-5-15(14(3)27)9-19(12)26-13(2)8-20(21(23)22(26)28)29-11-16-6-7-17(24)10-18(16)25/h4-10H,11H2,1-3H3. The zero-order chi connectivity index (χ0) is 21.3. The number of pyridine rings is 1. The zero-order valence-corrected chi connectivity index (χ0v) is 17.6. The van der Waals surface area contributed by atoms with Gasteiger partial charge in [-0.3, -0.25) is 14.2 Å². The van der Waals surface area contributed by atoms with Gasteiger partial charge in [-0.1, -0.05) is 12.1 Å². The molecule has 0 unspecified atom stereocenters. The number of carbonyl (C=O) groups excluding carboxylic acids is 1. The van der Waals surface area contributed by atoms with Gasteiger partial charge in [-0.05, 0) is 60.5 Å². The van der Waals surface area contributed by atoms with Crippen molar-refractivity contribution in [3.05, 3.63) is 91.3 Å². The first-order valence-corrected chi connectivity index (χ1v) is 9.59. The van der Waals surface area contributed by atoms with Gasteiger partial charge in [0, 0.05) is 29.0 Å². The van der Waals surface area contributed by atoms with E-state index in [1.165, 1.54) is 17.6 Å². The lowest BCUT2D eigenvalue weighted by atomic mass is 10.1. The summed E-state index contributed by atoms with van der Waals surface area (Å²) in [6, 6.07) is 10.0. The molecule has 0 saturated carbocycles. The van der Waals surface area contributed by atoms with E-state index < -0.39 is 11.6 Å². The average Bonchev–Trinajstić information content (AvgIpc) is 2.66. The summed E-state index contributed by atoms with van der Waals surface area (Å²) in [5.74, 6) is -1.25. The Morgan fingerprint density at radius 3 is 2.48 bits per heavy atom. The maximum absolute atomic E-state index is 13.8. The van der Waals surface area contributed by atoms with Crippen molar-refractivity contribution in [1.82, 2.24) is 4.57 Å². The molecular formula is C22H18BrF2NO3. The van der Waals surface area contributed by atoms with E-state index in [1.807, 2.05) is 6.92 Å². The Kier molecular flexibility index (Phi) is 5.98. The van der Waals surface area contributed by atoms with Gasteiger partial charge < -0.3 is 4.74 Å². The van der Waals surface area contributed by atoms with Crippen molar-refractivity contribution < 1.29 is 18.3 Å². The highest BCUT2D eigenvalue weighted by Gasteiger charge is 2.16. The van der Waals surface area contributed by atoms with Crippen LogP contribution >= 0.6 is 15.9 Å². The van der Waals surface area contributed by atoms with Crippen molar-refractivity contribution >= 4 is 21.7 Å². The number of benzene rings is 2. The minimum atomic E-state index is -0.720. The van der Waals surface area contributed by atoms with E-state index >= 15 is 0 Å². The van der Waals surface area contributed by atoms with Crippen LogP contribution in [0.2, 0.25) is 0 Å². The summed E-state index contributed by atoms with van der Waals surface area (Å²) in [5.41, 5.74) is 2.30. The number of halogens is 3. The van der Waals surface area contributed by atoms with E-state index in [0.717, 1.165) is 17.7 Å². The second kappa shape index (κ2) is 8.29. The number of Topliss-reactive ketones (excluding diaryl/α,β-unsaturated/α-hetero) is 1. The summed E-state index contributed by atoms with van der Waals surface area (Å²) < 4.78 is 34.1. The first-order valence-electron chi connectivity index (χ1n) is 8.80. The molecule has 1 aromatic heterocycles. The normalized spacial score (nSPS) is 10.8. The van der Waals surface area contributed by atoms with Crippen LogP contribution in [0.4, 0.5) is 8.78 Å². The van der Waals surface area contributed by atoms with Gasteiger partial charge in [0.25, 0.3) is 5.56 Å². The molecule has 3 aromatic rings. The minimum Gasteiger partial charge on any atom is -0.487 e. The molecular weight excluding hydrogens is 444 g/mol. The number of aryl methyl sites for hydroxylation is 2. The predicted molar refractivity (Wildman–Crippen MR) is 110 cm³/mol. The maximum atomic E-state index is 13.8. The SMILES string of the molecule is CC(=O)c1ccc(C)c(-n2c(C)cc(OCc3ccc(F)cc3F)c(Br)c2=O)c1. The highest BCUT2D eigenvalue weighted by atomic mass is 79.9. The van der Waals surface area contributed by atoms with Crippen LogP contribution in [-0.4, -0.2) is 10.4 Å². The van der Waals surface area contributed by atoms with E-state index in [9.17, 15) is 18.4 Å². The van der Waals surface area contributed by atoms with Gasteiger partial charge in [0.1, 0.15) is 28.5 Å². The van der Waals surface area contributed by atoms with Crippen LogP contribution in [0.15, 0.2) is 51.7 Å². The Morgan fingerprint density at radius 1 is 1.10 bits per heavy atom. The van der Waals surface area contributed by atoms with Gasteiger partial charge in [-0.25, -0.2) is 8.78 Å². The fraction of sp³-hybridized carbons (Fsp3) is 0.182. The molecule has 0 fully saturated rings. The molecule has 0 bridgehead atoms. The van der Waals surface area contributed by atoms with Crippen LogP contribution in [0.3, 0.4) is 0 Å². The third kappa shape index (κ3) is 4.29. The van der Waals surface area contributed by atoms with Gasteiger partial charge in [0.15, 0.2) is 5.78 Å². The summed E-state index contributed by atoms with van der Waals surface area (Å²) >= 11 is 3.26. The first-order chi connectivity index (χ1) is 13.7. The Labute approximate surface area is 174 Å². The summed E-state index contributed by atoms with van der Waals surface area (Å²) in [6.45, 7) is 4.89. The molecule has 1 heterocycles. The van der Waals surface area contributed by atoms with E-state index in [-0.39, 0.29) is 33.7 Å². The second-order valence-electron chi connectivity index (χ2n) is 6.69. The summed E-state index contributed by atoms with van der Waals surface area (Å²) in [4.78, 5) is 24.7. The quantitative estimate of drug-likeness (QED) is 0.485. The fourth-order valence-corrected chi connectivity index (χ4v) is 3.36. The molecule has 150 valence electrons. The topological polar surface area (TPSA) is 48.3 Å². The number of hydrogen-bond acceptors (Lipinski definition) is 3. The molecule has 0 radical (unpaired) electrons. The zero-order valence-electron chi connectivity index (χ0n) is 16.1. The van der Waals surface area contributed by atoms with E-state index in [4.69, 9.17) is 4.74 Å². The van der Waals surface area contributed by atoms with Crippen LogP contribution in [-0.2, 0) is 6.61 Å². The Bertz CT molecular complexity index is 1170. The van der Waals surface area contributed by atoms with Crippen molar-refractivity contribution in [1.29, 1.82) is 0 Å². The molecule has 4 nitrogen and oxygen atoms in total. The molecule has 0 aliphatic rings. The lowest BCUT2D eigenvalue weighted by Gasteiger charge is -2.17. The van der Waals surface area contributed by atoms with E-state index in [0.29, 0.717) is 16.9 Å². The maximum Gasteiger partial charge on any atom is 0.273 e. The van der Waals surface area contributed by atoms with Crippen molar-refractivity contribution in [2.45, 2.75) is 27.4 Å². The largest absolute Gasteiger partial charge is 0.487 e. The number of rotatable bonds is 5. The number of ketones is 1. The highest BCUT2D eigenvalue weighted by Crippen LogP contribution is 2.26. The molecule has 0 amide bonds. The average molecular weight is 462 g/mol. The van der Waals surface area contributed by atoms with Gasteiger partial charge in [-0.2, -0.15) is 0 Å². The van der Waals surface area contributed by atoms with Gasteiger partial charge in [0.2, 0.25) is 0 Å². The van der Waals surface area contributed by atoms with Crippen LogP contribution in [0.1, 0.15) is 34.1 Å². The molecule has 0 aliphatic carbocycles. The molecule has 3 rings (SSSR count). The number of carbonyl (C=O) groups is 1. The lowest BCUT2D eigenvalue weighted by molar-refractivity contribution is 0.101. The van der Waals surface area contributed by atoms with Crippen molar-refractivity contribution in [3.8, 4) is 11.4 Å². The van der Waals surface area contributed by atoms with Crippen LogP contribution < -0.4 is 10.3 Å². The summed E-state index contributed by atoms with van der Waals surface area (Å²) in [5, 5.41) is 0. The first kappa shape index (κ1) is 20.9. The number of aromatic nitrogens is 1. The molecule has 0 spiro atoms. The molecule has 0 aliphatic heterocycles. The lowest BCUT2D eigenvalue weighted by Crippen LogP contribution is -2.23. The molecule has 0 atom stereocenters. The minimum absolute atomic E-state index is 0.0997. The molecule has 0 saturated heterocycles. The second-order valence-corrected chi connectivity index (χ2v) is 7.48. The van der Waals surface area contributed by atoms with Crippen LogP contribution in [0, 0.1) is 25.5 Å². The number of nitrogens with zero attached hydrogens (tertiary/aromatic N) is 1. The third-order valence-corrected chi connectivity index (χ3v) is 5.28. The Morgan fingerprint density at radius 2 is 1.83 bits per heavy atom. The number of ether oxygens (including phenoxy) is 1. The van der Waals surface area contributed by atoms with Crippen molar-refractivity contribution in [2.24, 2.45) is 0 Å². The van der Waals surface area contributed by atoms with E-state index in [1.54, 1.807) is 31.2 Å².